The molecule has 0 saturated heterocycles. The smallest absolute Gasteiger partial charge is 0.303 e. The predicted molar refractivity (Wildman–Crippen MR) is 180 cm³/mol. The van der Waals surface area contributed by atoms with Gasteiger partial charge < -0.3 is 9.79 Å². The van der Waals surface area contributed by atoms with E-state index in [1.807, 2.05) is 0 Å². The lowest BCUT2D eigenvalue weighted by Crippen LogP contribution is -2.27. The van der Waals surface area contributed by atoms with Gasteiger partial charge in [-0.2, -0.15) is 0 Å². The Balaban J connectivity index is 3.88. The Morgan fingerprint density at radius 1 is 0.415 bits per heavy atom. The molecule has 0 aliphatic carbocycles. The van der Waals surface area contributed by atoms with Crippen LogP contribution in [0.15, 0.2) is 0 Å². The first kappa shape index (κ1) is 41.1. The Labute approximate surface area is 257 Å². The second kappa shape index (κ2) is 33.0. The van der Waals surface area contributed by atoms with Crippen LogP contribution in [0.1, 0.15) is 194 Å². The lowest BCUT2D eigenvalue weighted by atomic mass is 10.1. The predicted octanol–water partition coefficient (Wildman–Crippen LogP) is 12.0. The van der Waals surface area contributed by atoms with Crippen molar-refractivity contribution in [1.29, 1.82) is 0 Å². The molecule has 1 atom stereocenters. The van der Waals surface area contributed by atoms with E-state index in [0.29, 0.717) is 13.2 Å². The van der Waals surface area contributed by atoms with E-state index in [0.717, 1.165) is 25.7 Å². The molecule has 0 aliphatic heterocycles. The van der Waals surface area contributed by atoms with Gasteiger partial charge in [0.15, 0.2) is 0 Å². The summed E-state index contributed by atoms with van der Waals surface area (Å²) in [5.41, 5.74) is 0. The molecule has 1 unspecified atom stereocenters. The van der Waals surface area contributed by atoms with Gasteiger partial charge >= 0.3 is 7.82 Å². The van der Waals surface area contributed by atoms with Gasteiger partial charge in [0.25, 0.3) is 0 Å². The fourth-order valence-corrected chi connectivity index (χ4v) is 6.32. The Bertz CT molecular complexity index is 530. The summed E-state index contributed by atoms with van der Waals surface area (Å²) in [5, 5.41) is 0. The second-order valence-corrected chi connectivity index (χ2v) is 13.9. The zero-order valence-corrected chi connectivity index (χ0v) is 29.1. The van der Waals surface area contributed by atoms with Crippen molar-refractivity contribution >= 4 is 7.82 Å². The van der Waals surface area contributed by atoms with Gasteiger partial charge in [0.1, 0.15) is 0 Å². The van der Waals surface area contributed by atoms with Gasteiger partial charge in [-0.3, -0.25) is 9.05 Å². The van der Waals surface area contributed by atoms with Crippen molar-refractivity contribution in [3.63, 3.8) is 0 Å². The summed E-state index contributed by atoms with van der Waals surface area (Å²) in [7, 11) is -3.89. The summed E-state index contributed by atoms with van der Waals surface area (Å²) >= 11 is 0. The molecule has 0 bridgehead atoms. The van der Waals surface area contributed by atoms with Gasteiger partial charge in [0.05, 0.1) is 13.2 Å². The van der Waals surface area contributed by atoms with Crippen molar-refractivity contribution in [2.24, 2.45) is 0 Å². The quantitative estimate of drug-likeness (QED) is 0.0577. The molecule has 0 saturated carbocycles. The first-order valence-electron chi connectivity index (χ1n) is 18.4. The van der Waals surface area contributed by atoms with Crippen LogP contribution in [0.3, 0.4) is 0 Å². The molecule has 0 amide bonds. The molecule has 0 aromatic carbocycles. The molecule has 1 N–H and O–H groups in total. The molecule has 5 nitrogen and oxygen atoms in total. The van der Waals surface area contributed by atoms with Gasteiger partial charge in [0, 0.05) is 0 Å². The van der Waals surface area contributed by atoms with Gasteiger partial charge in [0.2, 0.25) is 0 Å². The van der Waals surface area contributed by atoms with Crippen molar-refractivity contribution in [3.8, 4) is 0 Å². The fraction of sp³-hybridized carbons (Fsp3) is 1.00. The Morgan fingerprint density at radius 2 is 0.659 bits per heavy atom. The summed E-state index contributed by atoms with van der Waals surface area (Å²) in [4.78, 5) is 12.6. The summed E-state index contributed by atoms with van der Waals surface area (Å²) < 4.78 is 22.4. The van der Waals surface area contributed by atoms with Crippen LogP contribution in [-0.4, -0.2) is 42.6 Å². The third kappa shape index (κ3) is 32.8. The highest BCUT2D eigenvalue weighted by Gasteiger charge is 2.19. The van der Waals surface area contributed by atoms with Crippen LogP contribution in [0, 0.1) is 0 Å². The maximum Gasteiger partial charge on any atom is 0.472 e. The van der Waals surface area contributed by atoms with Crippen LogP contribution < -0.4 is 0 Å². The summed E-state index contributed by atoms with van der Waals surface area (Å²) in [5.74, 6) is 0. The van der Waals surface area contributed by atoms with Gasteiger partial charge in [-0.25, -0.2) is 4.57 Å². The molecule has 41 heavy (non-hydrogen) atoms. The lowest BCUT2D eigenvalue weighted by molar-refractivity contribution is 0.145. The minimum Gasteiger partial charge on any atom is -0.303 e. The minimum absolute atomic E-state index is 0.313. The second-order valence-electron chi connectivity index (χ2n) is 12.5. The van der Waals surface area contributed by atoms with E-state index in [1.54, 1.807) is 0 Å². The number of phosphoric acid groups is 1. The SMILES string of the molecule is CCCCCCCCCCOP(=O)(O)OCCCCCCCN(CCCCCCCCC)CCCCCCCCC. The molecular formula is C35H74NO4P. The first-order valence-corrected chi connectivity index (χ1v) is 19.9. The zero-order chi connectivity index (χ0) is 30.1. The molecule has 0 aliphatic rings. The average molecular weight is 604 g/mol. The number of hydrogen-bond acceptors (Lipinski definition) is 4. The third-order valence-corrected chi connectivity index (χ3v) is 9.30. The molecule has 6 heteroatoms. The van der Waals surface area contributed by atoms with Gasteiger partial charge in [-0.15, -0.1) is 0 Å². The standard InChI is InChI=1S/C35H74NO4P/c1-4-7-10-13-16-19-24-29-34-39-41(37,38)40-35-30-25-20-23-28-33-36(31-26-21-17-14-11-8-5-2)32-27-22-18-15-12-9-6-3/h4-35H2,1-3H3,(H,37,38). The van der Waals surface area contributed by atoms with Crippen molar-refractivity contribution in [2.75, 3.05) is 32.8 Å². The maximum atomic E-state index is 12.1. The van der Waals surface area contributed by atoms with E-state index < -0.39 is 7.82 Å². The Morgan fingerprint density at radius 3 is 0.951 bits per heavy atom. The van der Waals surface area contributed by atoms with Gasteiger partial charge in [-0.05, 0) is 51.7 Å². The molecule has 0 aromatic heterocycles. The fourth-order valence-electron chi connectivity index (χ4n) is 5.52. The summed E-state index contributed by atoms with van der Waals surface area (Å²) in [6.45, 7) is 11.2. The molecule has 0 spiro atoms. The largest absolute Gasteiger partial charge is 0.472 e. The Hall–Kier alpha value is 0.0700. The van der Waals surface area contributed by atoms with Crippen LogP contribution >= 0.6 is 7.82 Å². The number of rotatable bonds is 35. The topological polar surface area (TPSA) is 59.0 Å². The highest BCUT2D eigenvalue weighted by molar-refractivity contribution is 7.47. The lowest BCUT2D eigenvalue weighted by Gasteiger charge is -2.22. The third-order valence-electron chi connectivity index (χ3n) is 8.28. The summed E-state index contributed by atoms with van der Waals surface area (Å²) in [6, 6.07) is 0. The van der Waals surface area contributed by atoms with E-state index >= 15 is 0 Å². The zero-order valence-electron chi connectivity index (χ0n) is 28.2. The first-order chi connectivity index (χ1) is 20.1. The Kier molecular flexibility index (Phi) is 33.0. The molecule has 0 fully saturated rings. The van der Waals surface area contributed by atoms with Crippen molar-refractivity contribution < 1.29 is 18.5 Å². The van der Waals surface area contributed by atoms with Crippen LogP contribution in [0.25, 0.3) is 0 Å². The molecule has 248 valence electrons. The average Bonchev–Trinajstić information content (AvgIpc) is 2.96. The van der Waals surface area contributed by atoms with Crippen LogP contribution in [0.5, 0.6) is 0 Å². The van der Waals surface area contributed by atoms with Crippen LogP contribution in [-0.2, 0) is 13.6 Å². The van der Waals surface area contributed by atoms with Gasteiger partial charge in [-0.1, -0.05) is 162 Å². The van der Waals surface area contributed by atoms with Crippen molar-refractivity contribution in [3.05, 3.63) is 0 Å². The monoisotopic (exact) mass is 604 g/mol. The van der Waals surface area contributed by atoms with Crippen LogP contribution in [0.4, 0.5) is 0 Å². The number of nitrogens with zero attached hydrogens (tertiary/aromatic N) is 1. The molecule has 0 rings (SSSR count). The minimum atomic E-state index is -3.89. The molecular weight excluding hydrogens is 529 g/mol. The van der Waals surface area contributed by atoms with E-state index in [9.17, 15) is 9.46 Å². The molecule has 0 radical (unpaired) electrons. The van der Waals surface area contributed by atoms with Crippen LogP contribution in [0.2, 0.25) is 0 Å². The van der Waals surface area contributed by atoms with E-state index in [4.69, 9.17) is 9.05 Å². The number of phosphoric ester groups is 1. The van der Waals surface area contributed by atoms with E-state index in [1.165, 1.54) is 167 Å². The molecule has 0 heterocycles. The highest BCUT2D eigenvalue weighted by Crippen LogP contribution is 2.43. The number of hydrogen-bond donors (Lipinski definition) is 1. The van der Waals surface area contributed by atoms with E-state index in [2.05, 4.69) is 25.7 Å². The maximum absolute atomic E-state index is 12.1. The highest BCUT2D eigenvalue weighted by atomic mass is 31.2. The van der Waals surface area contributed by atoms with Crippen molar-refractivity contribution in [1.82, 2.24) is 4.90 Å². The van der Waals surface area contributed by atoms with Crippen molar-refractivity contribution in [2.45, 2.75) is 194 Å². The summed E-state index contributed by atoms with van der Waals surface area (Å²) in [6.07, 6.45) is 34.4. The number of unbranched alkanes of at least 4 members (excludes halogenated alkanes) is 23. The molecule has 0 aromatic rings. The normalized spacial score (nSPS) is 13.3. The van der Waals surface area contributed by atoms with E-state index in [-0.39, 0.29) is 0 Å².